The third kappa shape index (κ3) is 2.35. The summed E-state index contributed by atoms with van der Waals surface area (Å²) in [7, 11) is 2.01. The Morgan fingerprint density at radius 1 is 1.47 bits per heavy atom. The van der Waals surface area contributed by atoms with Crippen LogP contribution in [-0.2, 0) is 10.2 Å². The second-order valence-corrected chi connectivity index (χ2v) is 5.26. The van der Waals surface area contributed by atoms with Crippen LogP contribution in [0, 0.1) is 5.92 Å². The number of nitrogens with one attached hydrogen (secondary N) is 1. The highest BCUT2D eigenvalue weighted by Crippen LogP contribution is 2.41. The van der Waals surface area contributed by atoms with Gasteiger partial charge in [-0.15, -0.1) is 0 Å². The lowest BCUT2D eigenvalue weighted by molar-refractivity contribution is -0.0909. The molecule has 0 aliphatic carbocycles. The Morgan fingerprint density at radius 2 is 2.24 bits per heavy atom. The lowest BCUT2D eigenvalue weighted by Gasteiger charge is -2.47. The highest BCUT2D eigenvalue weighted by molar-refractivity contribution is 6.30. The predicted octanol–water partition coefficient (Wildman–Crippen LogP) is 2.85. The summed E-state index contributed by atoms with van der Waals surface area (Å²) in [5.74, 6) is 0.597. The van der Waals surface area contributed by atoms with E-state index >= 15 is 0 Å². The minimum Gasteiger partial charge on any atom is -0.379 e. The normalized spacial score (nSPS) is 19.7. The van der Waals surface area contributed by atoms with Crippen molar-refractivity contribution < 1.29 is 4.74 Å². The van der Waals surface area contributed by atoms with Crippen molar-refractivity contribution in [2.75, 3.05) is 26.8 Å². The summed E-state index contributed by atoms with van der Waals surface area (Å²) in [6.45, 7) is 4.89. The van der Waals surface area contributed by atoms with Crippen molar-refractivity contribution in [2.45, 2.75) is 18.8 Å². The van der Waals surface area contributed by atoms with E-state index in [1.807, 2.05) is 19.2 Å². The van der Waals surface area contributed by atoms with E-state index in [0.29, 0.717) is 5.92 Å². The molecule has 2 rings (SSSR count). The van der Waals surface area contributed by atoms with Crippen molar-refractivity contribution in [3.63, 3.8) is 0 Å². The number of rotatable bonds is 5. The zero-order chi connectivity index (χ0) is 12.3. The van der Waals surface area contributed by atoms with Gasteiger partial charge in [0.1, 0.15) is 0 Å². The smallest absolute Gasteiger partial charge is 0.0588 e. The summed E-state index contributed by atoms with van der Waals surface area (Å²) in [5.41, 5.74) is 1.47. The number of hydrogen-bond acceptors (Lipinski definition) is 2. The standard InChI is InChI=1S/C14H20ClNO/c1-3-11(8-16-2)14(9-17-10-14)12-5-4-6-13(15)7-12/h4-7,11,16H,3,8-10H2,1-2H3. The van der Waals surface area contributed by atoms with Gasteiger partial charge in [-0.25, -0.2) is 0 Å². The summed E-state index contributed by atoms with van der Waals surface area (Å²) in [4.78, 5) is 0. The molecule has 0 saturated carbocycles. The van der Waals surface area contributed by atoms with Crippen molar-refractivity contribution in [3.05, 3.63) is 34.9 Å². The molecule has 1 aromatic carbocycles. The van der Waals surface area contributed by atoms with Crippen LogP contribution in [-0.4, -0.2) is 26.8 Å². The van der Waals surface area contributed by atoms with Crippen LogP contribution in [0.5, 0.6) is 0 Å². The van der Waals surface area contributed by atoms with Gasteiger partial charge in [0.15, 0.2) is 0 Å². The van der Waals surface area contributed by atoms with E-state index in [0.717, 1.165) is 31.2 Å². The number of ether oxygens (including phenoxy) is 1. The Hall–Kier alpha value is -0.570. The predicted molar refractivity (Wildman–Crippen MR) is 71.7 cm³/mol. The van der Waals surface area contributed by atoms with Crippen LogP contribution in [0.3, 0.4) is 0 Å². The molecule has 1 heterocycles. The summed E-state index contributed by atoms with van der Waals surface area (Å²) in [6.07, 6.45) is 1.15. The molecule has 0 amide bonds. The van der Waals surface area contributed by atoms with E-state index < -0.39 is 0 Å². The summed E-state index contributed by atoms with van der Waals surface area (Å²) in [6, 6.07) is 8.22. The van der Waals surface area contributed by atoms with Crippen molar-refractivity contribution in [1.82, 2.24) is 5.32 Å². The fourth-order valence-electron chi connectivity index (χ4n) is 2.74. The molecule has 0 radical (unpaired) electrons. The highest BCUT2D eigenvalue weighted by atomic mass is 35.5. The van der Waals surface area contributed by atoms with Crippen LogP contribution < -0.4 is 5.32 Å². The van der Waals surface area contributed by atoms with Crippen molar-refractivity contribution in [1.29, 1.82) is 0 Å². The van der Waals surface area contributed by atoms with E-state index in [1.165, 1.54) is 5.56 Å². The van der Waals surface area contributed by atoms with Crippen LogP contribution >= 0.6 is 11.6 Å². The van der Waals surface area contributed by atoms with Crippen LogP contribution in [0.1, 0.15) is 18.9 Å². The first-order chi connectivity index (χ1) is 8.23. The molecule has 3 heteroatoms. The van der Waals surface area contributed by atoms with Gasteiger partial charge in [-0.2, -0.15) is 0 Å². The monoisotopic (exact) mass is 253 g/mol. The molecule has 1 aromatic rings. The lowest BCUT2D eigenvalue weighted by atomic mass is 9.67. The van der Waals surface area contributed by atoms with Gasteiger partial charge in [-0.05, 0) is 37.2 Å². The molecular formula is C14H20ClNO. The Balaban J connectivity index is 2.30. The molecule has 0 spiro atoms. The van der Waals surface area contributed by atoms with Gasteiger partial charge < -0.3 is 10.1 Å². The molecule has 1 atom stereocenters. The third-order valence-electron chi connectivity index (χ3n) is 3.84. The quantitative estimate of drug-likeness (QED) is 0.871. The molecule has 17 heavy (non-hydrogen) atoms. The van der Waals surface area contributed by atoms with Gasteiger partial charge in [0.05, 0.1) is 13.2 Å². The molecule has 1 aliphatic heterocycles. The van der Waals surface area contributed by atoms with Gasteiger partial charge in [0.25, 0.3) is 0 Å². The number of hydrogen-bond donors (Lipinski definition) is 1. The Morgan fingerprint density at radius 3 is 2.71 bits per heavy atom. The van der Waals surface area contributed by atoms with E-state index in [2.05, 4.69) is 24.4 Å². The Labute approximate surface area is 108 Å². The van der Waals surface area contributed by atoms with E-state index in [-0.39, 0.29) is 5.41 Å². The largest absolute Gasteiger partial charge is 0.379 e. The first-order valence-electron chi connectivity index (χ1n) is 6.21. The van der Waals surface area contributed by atoms with E-state index in [9.17, 15) is 0 Å². The van der Waals surface area contributed by atoms with Gasteiger partial charge in [0, 0.05) is 10.4 Å². The van der Waals surface area contributed by atoms with Gasteiger partial charge in [-0.1, -0.05) is 37.1 Å². The topological polar surface area (TPSA) is 21.3 Å². The number of halogens is 1. The average Bonchev–Trinajstić information content (AvgIpc) is 2.26. The molecule has 94 valence electrons. The second-order valence-electron chi connectivity index (χ2n) is 4.82. The van der Waals surface area contributed by atoms with E-state index in [4.69, 9.17) is 16.3 Å². The number of benzene rings is 1. The Kier molecular flexibility index (Phi) is 4.08. The molecule has 1 aliphatic rings. The van der Waals surface area contributed by atoms with Gasteiger partial charge in [-0.3, -0.25) is 0 Å². The maximum atomic E-state index is 6.10. The molecule has 1 N–H and O–H groups in total. The summed E-state index contributed by atoms with van der Waals surface area (Å²) in [5, 5.41) is 4.10. The van der Waals surface area contributed by atoms with Crippen molar-refractivity contribution >= 4 is 11.6 Å². The highest BCUT2D eigenvalue weighted by Gasteiger charge is 2.45. The van der Waals surface area contributed by atoms with Gasteiger partial charge >= 0.3 is 0 Å². The Bertz CT molecular complexity index is 376. The van der Waals surface area contributed by atoms with Crippen molar-refractivity contribution in [2.24, 2.45) is 5.92 Å². The zero-order valence-electron chi connectivity index (χ0n) is 10.5. The minimum absolute atomic E-state index is 0.155. The molecular weight excluding hydrogens is 234 g/mol. The molecule has 0 aromatic heterocycles. The van der Waals surface area contributed by atoms with Gasteiger partial charge in [0.2, 0.25) is 0 Å². The lowest BCUT2D eigenvalue weighted by Crippen LogP contribution is -2.54. The average molecular weight is 254 g/mol. The zero-order valence-corrected chi connectivity index (χ0v) is 11.3. The van der Waals surface area contributed by atoms with Crippen molar-refractivity contribution in [3.8, 4) is 0 Å². The first kappa shape index (κ1) is 12.9. The maximum absolute atomic E-state index is 6.10. The SMILES string of the molecule is CCC(CNC)C1(c2cccc(Cl)c2)COC1. The van der Waals surface area contributed by atoms with Crippen LogP contribution in [0.4, 0.5) is 0 Å². The minimum atomic E-state index is 0.155. The molecule has 1 saturated heterocycles. The van der Waals surface area contributed by atoms with E-state index in [1.54, 1.807) is 0 Å². The molecule has 2 nitrogen and oxygen atoms in total. The third-order valence-corrected chi connectivity index (χ3v) is 4.08. The fraction of sp³-hybridized carbons (Fsp3) is 0.571. The second kappa shape index (κ2) is 5.38. The van der Waals surface area contributed by atoms with Crippen LogP contribution in [0.2, 0.25) is 5.02 Å². The maximum Gasteiger partial charge on any atom is 0.0588 e. The summed E-state index contributed by atoms with van der Waals surface area (Å²) < 4.78 is 5.49. The molecule has 1 fully saturated rings. The molecule has 0 bridgehead atoms. The van der Waals surface area contributed by atoms with Crippen LogP contribution in [0.25, 0.3) is 0 Å². The molecule has 1 unspecified atom stereocenters. The fourth-order valence-corrected chi connectivity index (χ4v) is 2.93. The first-order valence-corrected chi connectivity index (χ1v) is 6.59. The summed E-state index contributed by atoms with van der Waals surface area (Å²) >= 11 is 6.10. The van der Waals surface area contributed by atoms with Crippen LogP contribution in [0.15, 0.2) is 24.3 Å².